The van der Waals surface area contributed by atoms with Gasteiger partial charge in [0.05, 0.1) is 7.11 Å². The fraction of sp³-hybridized carbons (Fsp3) is 0.286. The summed E-state index contributed by atoms with van der Waals surface area (Å²) in [6.07, 6.45) is 3.12. The molecule has 1 aliphatic rings. The number of hydrogen-bond donors (Lipinski definition) is 0. The number of ether oxygens (including phenoxy) is 1. The lowest BCUT2D eigenvalue weighted by Gasteiger charge is -2.11. The third-order valence-electron chi connectivity index (χ3n) is 3.35. The Morgan fingerprint density at radius 1 is 1.11 bits per heavy atom. The van der Waals surface area contributed by atoms with Crippen LogP contribution in [0.5, 0.6) is 5.75 Å². The van der Waals surface area contributed by atoms with Gasteiger partial charge in [0.15, 0.2) is 5.15 Å². The van der Waals surface area contributed by atoms with Gasteiger partial charge in [-0.25, -0.2) is 0 Å². The first-order valence-electron chi connectivity index (χ1n) is 5.98. The molecule has 0 radical (unpaired) electrons. The van der Waals surface area contributed by atoms with Crippen molar-refractivity contribution in [2.45, 2.75) is 19.3 Å². The summed E-state index contributed by atoms with van der Waals surface area (Å²) in [6, 6.07) is 7.88. The largest absolute Gasteiger partial charge is 0.496 e. The maximum Gasteiger partial charge on any atom is 0.155 e. The molecule has 3 rings (SSSR count). The summed E-state index contributed by atoms with van der Waals surface area (Å²) in [4.78, 5) is 0. The first kappa shape index (κ1) is 11.5. The Morgan fingerprint density at radius 2 is 1.89 bits per heavy atom. The monoisotopic (exact) mass is 260 g/mol. The zero-order valence-corrected chi connectivity index (χ0v) is 10.9. The highest BCUT2D eigenvalue weighted by atomic mass is 35.5. The smallest absolute Gasteiger partial charge is 0.155 e. The van der Waals surface area contributed by atoms with Crippen molar-refractivity contribution in [2.24, 2.45) is 0 Å². The topological polar surface area (TPSA) is 35.0 Å². The summed E-state index contributed by atoms with van der Waals surface area (Å²) in [5.74, 6) is 0.822. The molecular formula is C14H13ClN2O. The normalized spacial score (nSPS) is 13.4. The van der Waals surface area contributed by atoms with E-state index >= 15 is 0 Å². The first-order chi connectivity index (χ1) is 8.81. The second-order valence-electron chi connectivity index (χ2n) is 4.35. The molecule has 0 fully saturated rings. The highest BCUT2D eigenvalue weighted by Gasteiger charge is 2.22. The lowest BCUT2D eigenvalue weighted by atomic mass is 10.0. The second-order valence-corrected chi connectivity index (χ2v) is 4.71. The molecule has 0 saturated carbocycles. The number of halogens is 1. The maximum absolute atomic E-state index is 6.10. The van der Waals surface area contributed by atoms with Gasteiger partial charge in [-0.2, -0.15) is 0 Å². The highest BCUT2D eigenvalue weighted by molar-refractivity contribution is 6.30. The number of benzene rings is 1. The van der Waals surface area contributed by atoms with Gasteiger partial charge in [0.1, 0.15) is 11.4 Å². The minimum Gasteiger partial charge on any atom is -0.496 e. The molecule has 2 aromatic rings. The number of aromatic nitrogens is 2. The third kappa shape index (κ3) is 1.75. The predicted molar refractivity (Wildman–Crippen MR) is 71.1 cm³/mol. The molecule has 0 N–H and O–H groups in total. The third-order valence-corrected chi connectivity index (χ3v) is 3.66. The number of hydrogen-bond acceptors (Lipinski definition) is 3. The van der Waals surface area contributed by atoms with E-state index < -0.39 is 0 Å². The highest BCUT2D eigenvalue weighted by Crippen LogP contribution is 2.37. The molecule has 0 amide bonds. The van der Waals surface area contributed by atoms with Crippen LogP contribution in [0.3, 0.4) is 0 Å². The number of nitrogens with zero attached hydrogens (tertiary/aromatic N) is 2. The molecule has 1 aromatic heterocycles. The molecule has 18 heavy (non-hydrogen) atoms. The van der Waals surface area contributed by atoms with Crippen molar-refractivity contribution in [3.8, 4) is 17.0 Å². The molecule has 1 heterocycles. The number of methoxy groups -OCH3 is 1. The number of rotatable bonds is 2. The van der Waals surface area contributed by atoms with Crippen molar-refractivity contribution in [3.05, 3.63) is 40.5 Å². The molecule has 1 aliphatic carbocycles. The fourth-order valence-corrected chi connectivity index (χ4v) is 2.75. The van der Waals surface area contributed by atoms with E-state index in [9.17, 15) is 0 Å². The Balaban J connectivity index is 2.21. The molecule has 0 saturated heterocycles. The van der Waals surface area contributed by atoms with Crippen LogP contribution in [-0.2, 0) is 12.8 Å². The molecule has 3 nitrogen and oxygen atoms in total. The van der Waals surface area contributed by atoms with E-state index in [1.54, 1.807) is 7.11 Å². The molecule has 1 aromatic carbocycles. The van der Waals surface area contributed by atoms with E-state index in [-0.39, 0.29) is 0 Å². The first-order valence-corrected chi connectivity index (χ1v) is 6.36. The summed E-state index contributed by atoms with van der Waals surface area (Å²) < 4.78 is 5.39. The maximum atomic E-state index is 6.10. The lowest BCUT2D eigenvalue weighted by molar-refractivity contribution is 0.416. The Morgan fingerprint density at radius 3 is 2.72 bits per heavy atom. The van der Waals surface area contributed by atoms with Crippen LogP contribution in [0.2, 0.25) is 5.15 Å². The van der Waals surface area contributed by atoms with Gasteiger partial charge >= 0.3 is 0 Å². The van der Waals surface area contributed by atoms with E-state index in [1.807, 2.05) is 24.3 Å². The van der Waals surface area contributed by atoms with Gasteiger partial charge in [0.25, 0.3) is 0 Å². The SMILES string of the molecule is COc1ccccc1-c1nnc(Cl)c2c1CCC2. The quantitative estimate of drug-likeness (QED) is 0.831. The van der Waals surface area contributed by atoms with Crippen molar-refractivity contribution in [1.29, 1.82) is 0 Å². The van der Waals surface area contributed by atoms with Gasteiger partial charge in [0, 0.05) is 5.56 Å². The number of para-hydroxylation sites is 1. The van der Waals surface area contributed by atoms with Crippen molar-refractivity contribution < 1.29 is 4.74 Å². The standard InChI is InChI=1S/C14H13ClN2O/c1-18-12-8-3-2-5-11(12)13-9-6-4-7-10(9)14(15)17-16-13/h2-3,5,8H,4,6-7H2,1H3. The molecule has 0 aliphatic heterocycles. The Hall–Kier alpha value is -1.61. The van der Waals surface area contributed by atoms with Crippen molar-refractivity contribution in [3.63, 3.8) is 0 Å². The van der Waals surface area contributed by atoms with Crippen LogP contribution >= 0.6 is 11.6 Å². The minimum absolute atomic E-state index is 0.543. The van der Waals surface area contributed by atoms with Gasteiger partial charge in [-0.1, -0.05) is 23.7 Å². The van der Waals surface area contributed by atoms with E-state index in [0.29, 0.717) is 5.15 Å². The molecule has 0 spiro atoms. The molecule has 92 valence electrons. The van der Waals surface area contributed by atoms with E-state index in [4.69, 9.17) is 16.3 Å². The zero-order chi connectivity index (χ0) is 12.5. The van der Waals surface area contributed by atoms with E-state index in [1.165, 1.54) is 5.56 Å². The van der Waals surface area contributed by atoms with Gasteiger partial charge < -0.3 is 4.74 Å². The molecule has 0 unspecified atom stereocenters. The molecule has 0 bridgehead atoms. The van der Waals surface area contributed by atoms with E-state index in [0.717, 1.165) is 41.8 Å². The van der Waals surface area contributed by atoms with Crippen LogP contribution < -0.4 is 4.74 Å². The van der Waals surface area contributed by atoms with Gasteiger partial charge in [0.2, 0.25) is 0 Å². The van der Waals surface area contributed by atoms with Crippen LogP contribution in [0.1, 0.15) is 17.5 Å². The van der Waals surface area contributed by atoms with Gasteiger partial charge in [-0.3, -0.25) is 0 Å². The second kappa shape index (κ2) is 4.58. The summed E-state index contributed by atoms with van der Waals surface area (Å²) in [5, 5.41) is 8.87. The van der Waals surface area contributed by atoms with Crippen LogP contribution in [0.25, 0.3) is 11.3 Å². The fourth-order valence-electron chi connectivity index (χ4n) is 2.50. The van der Waals surface area contributed by atoms with Crippen molar-refractivity contribution in [1.82, 2.24) is 10.2 Å². The molecule has 0 atom stereocenters. The summed E-state index contributed by atoms with van der Waals surface area (Å²) >= 11 is 6.10. The molecular weight excluding hydrogens is 248 g/mol. The average molecular weight is 261 g/mol. The van der Waals surface area contributed by atoms with Crippen LogP contribution in [0.4, 0.5) is 0 Å². The van der Waals surface area contributed by atoms with Crippen LogP contribution in [0, 0.1) is 0 Å². The lowest BCUT2D eigenvalue weighted by Crippen LogP contribution is -1.99. The summed E-state index contributed by atoms with van der Waals surface area (Å²) in [6.45, 7) is 0. The van der Waals surface area contributed by atoms with Crippen LogP contribution in [0.15, 0.2) is 24.3 Å². The van der Waals surface area contributed by atoms with Gasteiger partial charge in [-0.05, 0) is 42.5 Å². The average Bonchev–Trinajstić information content (AvgIpc) is 2.89. The van der Waals surface area contributed by atoms with Crippen LogP contribution in [-0.4, -0.2) is 17.3 Å². The minimum atomic E-state index is 0.543. The predicted octanol–water partition coefficient (Wildman–Crippen LogP) is 3.29. The number of fused-ring (bicyclic) bond motifs is 1. The Bertz CT molecular complexity index is 598. The van der Waals surface area contributed by atoms with Gasteiger partial charge in [-0.15, -0.1) is 10.2 Å². The Kier molecular flexibility index (Phi) is 2.92. The molecule has 4 heteroatoms. The zero-order valence-electron chi connectivity index (χ0n) is 10.1. The summed E-state index contributed by atoms with van der Waals surface area (Å²) in [7, 11) is 1.67. The van der Waals surface area contributed by atoms with E-state index in [2.05, 4.69) is 10.2 Å². The van der Waals surface area contributed by atoms with Crippen molar-refractivity contribution in [2.75, 3.05) is 7.11 Å². The Labute approximate surface area is 111 Å². The summed E-state index contributed by atoms with van der Waals surface area (Å²) in [5.41, 5.74) is 4.26. The van der Waals surface area contributed by atoms with Crippen molar-refractivity contribution >= 4 is 11.6 Å².